The van der Waals surface area contributed by atoms with Gasteiger partial charge in [-0.25, -0.2) is 0 Å². The molecule has 0 saturated carbocycles. The fraction of sp³-hybridized carbons (Fsp3) is 0.111. The maximum absolute atomic E-state index is 12.5. The lowest BCUT2D eigenvalue weighted by atomic mass is 9.98. The van der Waals surface area contributed by atoms with Crippen molar-refractivity contribution in [2.24, 2.45) is 0 Å². The molecule has 3 nitrogen and oxygen atoms in total. The van der Waals surface area contributed by atoms with Gasteiger partial charge in [-0.15, -0.1) is 0 Å². The van der Waals surface area contributed by atoms with Gasteiger partial charge in [-0.2, -0.15) is 5.10 Å². The number of carbonyl (C=O) groups excluding carboxylic acids is 1. The molecule has 1 aromatic heterocycles. The Morgan fingerprint density at radius 1 is 0.952 bits per heavy atom. The van der Waals surface area contributed by atoms with Gasteiger partial charge in [-0.1, -0.05) is 60.7 Å². The molecular formula is C18H16N2O. The van der Waals surface area contributed by atoms with E-state index in [0.29, 0.717) is 6.42 Å². The number of benzene rings is 2. The maximum atomic E-state index is 12.5. The van der Waals surface area contributed by atoms with Gasteiger partial charge in [0, 0.05) is 24.4 Å². The molecule has 0 spiro atoms. The van der Waals surface area contributed by atoms with Crippen LogP contribution >= 0.6 is 0 Å². The highest BCUT2D eigenvalue weighted by atomic mass is 16.1. The summed E-state index contributed by atoms with van der Waals surface area (Å²) < 4.78 is 1.84. The lowest BCUT2D eigenvalue weighted by Crippen LogP contribution is -2.16. The van der Waals surface area contributed by atoms with Crippen molar-refractivity contribution in [1.29, 1.82) is 0 Å². The number of hydrogen-bond donors (Lipinski definition) is 0. The van der Waals surface area contributed by atoms with Crippen molar-refractivity contribution in [3.05, 3.63) is 90.3 Å². The van der Waals surface area contributed by atoms with Crippen molar-refractivity contribution >= 4 is 5.78 Å². The predicted molar refractivity (Wildman–Crippen MR) is 82.2 cm³/mol. The molecule has 3 rings (SSSR count). The van der Waals surface area contributed by atoms with Gasteiger partial charge in [-0.3, -0.25) is 9.48 Å². The Bertz CT molecular complexity index is 691. The van der Waals surface area contributed by atoms with E-state index in [1.165, 1.54) is 0 Å². The average molecular weight is 276 g/mol. The number of carbonyl (C=O) groups is 1. The molecule has 0 fully saturated rings. The van der Waals surface area contributed by atoms with Gasteiger partial charge in [0.15, 0.2) is 5.78 Å². The lowest BCUT2D eigenvalue weighted by Gasteiger charge is -2.17. The third-order valence-corrected chi connectivity index (χ3v) is 3.50. The number of nitrogens with zero attached hydrogens (tertiary/aromatic N) is 2. The number of hydrogen-bond acceptors (Lipinski definition) is 2. The topological polar surface area (TPSA) is 34.9 Å². The lowest BCUT2D eigenvalue weighted by molar-refractivity contribution is 0.0967. The van der Waals surface area contributed by atoms with Crippen LogP contribution in [0.3, 0.4) is 0 Å². The van der Waals surface area contributed by atoms with Crippen molar-refractivity contribution in [3.63, 3.8) is 0 Å². The minimum absolute atomic E-state index is 0.0751. The number of ketones is 1. The summed E-state index contributed by atoms with van der Waals surface area (Å²) in [6.07, 6.45) is 4.04. The van der Waals surface area contributed by atoms with Gasteiger partial charge in [-0.05, 0) is 11.6 Å². The standard InChI is InChI=1S/C18H16N2O/c21-18(16-10-5-2-6-11-16)14-17(20-13-7-12-19-20)15-8-3-1-4-9-15/h1-13,17H,14H2/t17-/m1/s1. The van der Waals surface area contributed by atoms with E-state index in [4.69, 9.17) is 0 Å². The minimum Gasteiger partial charge on any atom is -0.294 e. The van der Waals surface area contributed by atoms with Gasteiger partial charge < -0.3 is 0 Å². The second-order valence-corrected chi connectivity index (χ2v) is 4.91. The van der Waals surface area contributed by atoms with Crippen LogP contribution in [-0.4, -0.2) is 15.6 Å². The van der Waals surface area contributed by atoms with E-state index in [1.807, 2.05) is 77.6 Å². The molecule has 0 unspecified atom stereocenters. The zero-order valence-corrected chi connectivity index (χ0v) is 11.6. The van der Waals surface area contributed by atoms with E-state index in [1.54, 1.807) is 6.20 Å². The summed E-state index contributed by atoms with van der Waals surface area (Å²) >= 11 is 0. The van der Waals surface area contributed by atoms with E-state index < -0.39 is 0 Å². The van der Waals surface area contributed by atoms with Crippen LogP contribution in [-0.2, 0) is 0 Å². The summed E-state index contributed by atoms with van der Waals surface area (Å²) in [5.41, 5.74) is 1.83. The van der Waals surface area contributed by atoms with Crippen LogP contribution in [0.2, 0.25) is 0 Å². The van der Waals surface area contributed by atoms with E-state index >= 15 is 0 Å². The molecule has 0 amide bonds. The first-order valence-corrected chi connectivity index (χ1v) is 6.97. The molecule has 0 aliphatic rings. The van der Waals surface area contributed by atoms with Crippen molar-refractivity contribution in [1.82, 2.24) is 9.78 Å². The molecule has 2 aromatic carbocycles. The van der Waals surface area contributed by atoms with Gasteiger partial charge >= 0.3 is 0 Å². The summed E-state index contributed by atoms with van der Waals surface area (Å²) in [5.74, 6) is 0.125. The van der Waals surface area contributed by atoms with Crippen molar-refractivity contribution in [2.75, 3.05) is 0 Å². The van der Waals surface area contributed by atoms with Gasteiger partial charge in [0.2, 0.25) is 0 Å². The van der Waals surface area contributed by atoms with Crippen molar-refractivity contribution in [3.8, 4) is 0 Å². The van der Waals surface area contributed by atoms with Crippen LogP contribution in [0.25, 0.3) is 0 Å². The van der Waals surface area contributed by atoms with Gasteiger partial charge in [0.05, 0.1) is 6.04 Å². The smallest absolute Gasteiger partial charge is 0.165 e. The molecule has 0 N–H and O–H groups in total. The summed E-state index contributed by atoms with van der Waals surface area (Å²) in [6.45, 7) is 0. The Hall–Kier alpha value is -2.68. The SMILES string of the molecule is O=C(C[C@H](c1ccccc1)n1cccn1)c1ccccc1. The fourth-order valence-corrected chi connectivity index (χ4v) is 2.42. The molecule has 3 heteroatoms. The van der Waals surface area contributed by atoms with Crippen LogP contribution in [0.4, 0.5) is 0 Å². The highest BCUT2D eigenvalue weighted by molar-refractivity contribution is 5.96. The highest BCUT2D eigenvalue weighted by Gasteiger charge is 2.18. The summed E-state index contributed by atoms with van der Waals surface area (Å²) in [6, 6.07) is 21.2. The normalized spacial score (nSPS) is 12.0. The van der Waals surface area contributed by atoms with E-state index in [-0.39, 0.29) is 11.8 Å². The second kappa shape index (κ2) is 6.18. The first-order valence-electron chi connectivity index (χ1n) is 6.97. The molecule has 0 saturated heterocycles. The third kappa shape index (κ3) is 3.08. The van der Waals surface area contributed by atoms with Crippen molar-refractivity contribution in [2.45, 2.75) is 12.5 Å². The van der Waals surface area contributed by atoms with Gasteiger partial charge in [0.25, 0.3) is 0 Å². The molecular weight excluding hydrogens is 260 g/mol. The minimum atomic E-state index is -0.0751. The molecule has 21 heavy (non-hydrogen) atoms. The number of rotatable bonds is 5. The molecule has 1 atom stereocenters. The zero-order chi connectivity index (χ0) is 14.5. The Labute approximate surface area is 123 Å². The van der Waals surface area contributed by atoms with Crippen molar-refractivity contribution < 1.29 is 4.79 Å². The number of Topliss-reactive ketones (excluding diaryl/α,β-unsaturated/α-hetero) is 1. The molecule has 104 valence electrons. The van der Waals surface area contributed by atoms with Gasteiger partial charge in [0.1, 0.15) is 0 Å². The molecule has 0 aliphatic heterocycles. The largest absolute Gasteiger partial charge is 0.294 e. The maximum Gasteiger partial charge on any atom is 0.165 e. The van der Waals surface area contributed by atoms with E-state index in [0.717, 1.165) is 11.1 Å². The Morgan fingerprint density at radius 3 is 2.24 bits per heavy atom. The van der Waals surface area contributed by atoms with Crippen LogP contribution in [0, 0.1) is 0 Å². The highest BCUT2D eigenvalue weighted by Crippen LogP contribution is 2.23. The second-order valence-electron chi connectivity index (χ2n) is 4.91. The number of aromatic nitrogens is 2. The first-order chi connectivity index (χ1) is 10.3. The molecule has 1 heterocycles. The zero-order valence-electron chi connectivity index (χ0n) is 11.6. The Kier molecular flexibility index (Phi) is 3.92. The van der Waals surface area contributed by atoms with Crippen LogP contribution in [0.5, 0.6) is 0 Å². The predicted octanol–water partition coefficient (Wildman–Crippen LogP) is 3.75. The summed E-state index contributed by atoms with van der Waals surface area (Å²) in [7, 11) is 0. The molecule has 3 aromatic rings. The molecule has 0 radical (unpaired) electrons. The van der Waals surface area contributed by atoms with E-state index in [9.17, 15) is 4.79 Å². The molecule has 0 bridgehead atoms. The first kappa shape index (κ1) is 13.3. The molecule has 0 aliphatic carbocycles. The monoisotopic (exact) mass is 276 g/mol. The van der Waals surface area contributed by atoms with Crippen LogP contribution in [0.1, 0.15) is 28.4 Å². The Morgan fingerprint density at radius 2 is 1.62 bits per heavy atom. The third-order valence-electron chi connectivity index (χ3n) is 3.50. The quantitative estimate of drug-likeness (QED) is 0.665. The van der Waals surface area contributed by atoms with Crippen LogP contribution < -0.4 is 0 Å². The fourth-order valence-electron chi connectivity index (χ4n) is 2.42. The average Bonchev–Trinajstić information content (AvgIpc) is 3.08. The summed E-state index contributed by atoms with van der Waals surface area (Å²) in [4.78, 5) is 12.5. The Balaban J connectivity index is 1.89. The summed E-state index contributed by atoms with van der Waals surface area (Å²) in [5, 5.41) is 4.30. The van der Waals surface area contributed by atoms with E-state index in [2.05, 4.69) is 5.10 Å². The van der Waals surface area contributed by atoms with Crippen LogP contribution in [0.15, 0.2) is 79.1 Å².